The van der Waals surface area contributed by atoms with Crippen LogP contribution in [0.25, 0.3) is 11.4 Å². The maximum Gasteiger partial charge on any atom is 0.159 e. The lowest BCUT2D eigenvalue weighted by atomic mass is 9.74. The number of rotatable bonds is 17. The summed E-state index contributed by atoms with van der Waals surface area (Å²) in [5.41, 5.74) is 2.30. The second kappa shape index (κ2) is 16.7. The topological polar surface area (TPSA) is 35.0 Å². The second-order valence-corrected chi connectivity index (χ2v) is 10.7. The smallest absolute Gasteiger partial charge is 0.159 e. The number of aromatic nitrogens is 2. The van der Waals surface area contributed by atoms with Gasteiger partial charge >= 0.3 is 0 Å². The molecular formula is C32H50N2O. The summed E-state index contributed by atoms with van der Waals surface area (Å²) in [5, 5.41) is 0. The van der Waals surface area contributed by atoms with Crippen molar-refractivity contribution in [1.29, 1.82) is 0 Å². The van der Waals surface area contributed by atoms with Gasteiger partial charge in [0, 0.05) is 18.0 Å². The normalized spacial score (nSPS) is 18.0. The lowest BCUT2D eigenvalue weighted by Crippen LogP contribution is -2.20. The van der Waals surface area contributed by atoms with Gasteiger partial charge in [-0.15, -0.1) is 0 Å². The fraction of sp³-hybridized carbons (Fsp3) is 0.688. The van der Waals surface area contributed by atoms with E-state index in [0.717, 1.165) is 42.0 Å². The van der Waals surface area contributed by atoms with Crippen LogP contribution >= 0.6 is 0 Å². The lowest BCUT2D eigenvalue weighted by Gasteiger charge is -2.31. The number of unbranched alkanes of at least 4 members (excludes halogenated alkanes) is 7. The van der Waals surface area contributed by atoms with Gasteiger partial charge in [-0.2, -0.15) is 0 Å². The Bertz CT molecular complexity index is 786. The maximum absolute atomic E-state index is 6.08. The standard InChI is InChI=1S/C32H50N2O/c1-3-5-7-8-9-11-15-27-25-33-32(34-26-27)30-20-22-31(23-21-30)35-24-14-19-29-18-13-12-17-28(29)16-10-6-4-2/h20-23,25-26,28-29H,3-19,24H2,1-2H3. The summed E-state index contributed by atoms with van der Waals surface area (Å²) in [6.07, 6.45) is 26.9. The summed E-state index contributed by atoms with van der Waals surface area (Å²) in [4.78, 5) is 9.23. The molecule has 1 saturated carbocycles. The molecule has 0 saturated heterocycles. The van der Waals surface area contributed by atoms with E-state index in [-0.39, 0.29) is 0 Å². The van der Waals surface area contributed by atoms with Crippen LogP contribution in [0.15, 0.2) is 36.7 Å². The quantitative estimate of drug-likeness (QED) is 0.212. The van der Waals surface area contributed by atoms with Crippen molar-refractivity contribution in [3.8, 4) is 17.1 Å². The average molecular weight is 479 g/mol. The highest BCUT2D eigenvalue weighted by Crippen LogP contribution is 2.36. The number of ether oxygens (including phenoxy) is 1. The van der Waals surface area contributed by atoms with Crippen molar-refractivity contribution in [1.82, 2.24) is 9.97 Å². The van der Waals surface area contributed by atoms with E-state index >= 15 is 0 Å². The molecule has 1 heterocycles. The minimum absolute atomic E-state index is 0.801. The van der Waals surface area contributed by atoms with Crippen LogP contribution in [0.5, 0.6) is 5.75 Å². The van der Waals surface area contributed by atoms with Gasteiger partial charge in [0.1, 0.15) is 5.75 Å². The van der Waals surface area contributed by atoms with Crippen molar-refractivity contribution in [3.63, 3.8) is 0 Å². The maximum atomic E-state index is 6.08. The first kappa shape index (κ1) is 27.7. The molecule has 3 heteroatoms. The number of aryl methyl sites for hydroxylation is 1. The third kappa shape index (κ3) is 10.3. The fourth-order valence-electron chi connectivity index (χ4n) is 5.68. The monoisotopic (exact) mass is 478 g/mol. The predicted molar refractivity (Wildman–Crippen MR) is 149 cm³/mol. The highest BCUT2D eigenvalue weighted by Gasteiger charge is 2.24. The van der Waals surface area contributed by atoms with Gasteiger partial charge < -0.3 is 4.74 Å². The Balaban J connectivity index is 1.36. The molecule has 35 heavy (non-hydrogen) atoms. The zero-order valence-electron chi connectivity index (χ0n) is 22.6. The Morgan fingerprint density at radius 2 is 1.31 bits per heavy atom. The zero-order valence-corrected chi connectivity index (χ0v) is 22.6. The third-order valence-corrected chi connectivity index (χ3v) is 7.87. The largest absolute Gasteiger partial charge is 0.494 e. The zero-order chi connectivity index (χ0) is 24.6. The van der Waals surface area contributed by atoms with E-state index in [9.17, 15) is 0 Å². The van der Waals surface area contributed by atoms with Crippen LogP contribution in [0.1, 0.15) is 122 Å². The first-order chi connectivity index (χ1) is 17.3. The number of nitrogens with zero attached hydrogens (tertiary/aromatic N) is 2. The van der Waals surface area contributed by atoms with E-state index < -0.39 is 0 Å². The van der Waals surface area contributed by atoms with Gasteiger partial charge in [0.05, 0.1) is 6.61 Å². The van der Waals surface area contributed by atoms with Gasteiger partial charge in [0.2, 0.25) is 0 Å². The van der Waals surface area contributed by atoms with Crippen molar-refractivity contribution < 1.29 is 4.74 Å². The molecule has 1 aliphatic carbocycles. The Morgan fingerprint density at radius 3 is 2.00 bits per heavy atom. The van der Waals surface area contributed by atoms with E-state index in [1.807, 2.05) is 12.4 Å². The number of hydrogen-bond donors (Lipinski definition) is 0. The van der Waals surface area contributed by atoms with Crippen LogP contribution in [-0.4, -0.2) is 16.6 Å². The molecular weight excluding hydrogens is 428 g/mol. The van der Waals surface area contributed by atoms with Gasteiger partial charge in [0.15, 0.2) is 5.82 Å². The van der Waals surface area contributed by atoms with E-state index in [2.05, 4.69) is 48.1 Å². The van der Waals surface area contributed by atoms with Gasteiger partial charge in [-0.1, -0.05) is 97.3 Å². The van der Waals surface area contributed by atoms with Crippen molar-refractivity contribution >= 4 is 0 Å². The molecule has 1 aromatic heterocycles. The second-order valence-electron chi connectivity index (χ2n) is 10.7. The highest BCUT2D eigenvalue weighted by atomic mass is 16.5. The molecule has 2 unspecified atom stereocenters. The van der Waals surface area contributed by atoms with Crippen LogP contribution < -0.4 is 4.74 Å². The first-order valence-electron chi connectivity index (χ1n) is 14.8. The van der Waals surface area contributed by atoms with Crippen molar-refractivity contribution in [2.24, 2.45) is 11.8 Å². The van der Waals surface area contributed by atoms with Gasteiger partial charge in [-0.25, -0.2) is 9.97 Å². The van der Waals surface area contributed by atoms with E-state index in [4.69, 9.17) is 4.74 Å². The third-order valence-electron chi connectivity index (χ3n) is 7.87. The number of benzene rings is 1. The average Bonchev–Trinajstić information content (AvgIpc) is 2.90. The molecule has 2 aromatic rings. The van der Waals surface area contributed by atoms with Crippen LogP contribution in [0.2, 0.25) is 0 Å². The van der Waals surface area contributed by atoms with E-state index in [1.165, 1.54) is 108 Å². The molecule has 1 aromatic carbocycles. The van der Waals surface area contributed by atoms with Crippen LogP contribution in [0, 0.1) is 11.8 Å². The summed E-state index contributed by atoms with van der Waals surface area (Å²) >= 11 is 0. The minimum Gasteiger partial charge on any atom is -0.494 e. The molecule has 0 N–H and O–H groups in total. The summed E-state index contributed by atoms with van der Waals surface area (Å²) in [5.74, 6) is 3.64. The predicted octanol–water partition coefficient (Wildman–Crippen LogP) is 9.59. The molecule has 0 aliphatic heterocycles. The molecule has 2 atom stereocenters. The lowest BCUT2D eigenvalue weighted by molar-refractivity contribution is 0.190. The number of hydrogen-bond acceptors (Lipinski definition) is 3. The molecule has 0 bridgehead atoms. The van der Waals surface area contributed by atoms with Crippen LogP contribution in [0.3, 0.4) is 0 Å². The van der Waals surface area contributed by atoms with Crippen LogP contribution in [-0.2, 0) is 6.42 Å². The summed E-state index contributed by atoms with van der Waals surface area (Å²) in [6, 6.07) is 8.31. The SMILES string of the molecule is CCCCCCCCc1cnc(-c2ccc(OCCCC3CCCCC3CCCCC)cc2)nc1. The van der Waals surface area contributed by atoms with Gasteiger partial charge in [0.25, 0.3) is 0 Å². The van der Waals surface area contributed by atoms with E-state index in [0.29, 0.717) is 0 Å². The molecule has 194 valence electrons. The Hall–Kier alpha value is -1.90. The minimum atomic E-state index is 0.801. The fourth-order valence-corrected chi connectivity index (χ4v) is 5.68. The molecule has 0 spiro atoms. The summed E-state index contributed by atoms with van der Waals surface area (Å²) < 4.78 is 6.08. The van der Waals surface area contributed by atoms with Crippen molar-refractivity contribution in [3.05, 3.63) is 42.2 Å². The highest BCUT2D eigenvalue weighted by molar-refractivity contribution is 5.55. The van der Waals surface area contributed by atoms with E-state index in [1.54, 1.807) is 0 Å². The Kier molecular flexibility index (Phi) is 13.2. The van der Waals surface area contributed by atoms with Crippen LogP contribution in [0.4, 0.5) is 0 Å². The van der Waals surface area contributed by atoms with Crippen molar-refractivity contribution in [2.75, 3.05) is 6.61 Å². The van der Waals surface area contributed by atoms with Gasteiger partial charge in [-0.3, -0.25) is 0 Å². The molecule has 1 aliphatic rings. The molecule has 0 amide bonds. The first-order valence-corrected chi connectivity index (χ1v) is 14.8. The summed E-state index contributed by atoms with van der Waals surface area (Å²) in [7, 11) is 0. The van der Waals surface area contributed by atoms with Gasteiger partial charge in [-0.05, 0) is 67.3 Å². The molecule has 0 radical (unpaired) electrons. The summed E-state index contributed by atoms with van der Waals surface area (Å²) in [6.45, 7) is 5.39. The van der Waals surface area contributed by atoms with Crippen molar-refractivity contribution in [2.45, 2.75) is 123 Å². The molecule has 1 fully saturated rings. The molecule has 3 nitrogen and oxygen atoms in total. The Morgan fingerprint density at radius 1 is 0.714 bits per heavy atom. The Labute approximate surface area is 215 Å². The molecule has 3 rings (SSSR count).